The zero-order chi connectivity index (χ0) is 18.0. The predicted octanol–water partition coefficient (Wildman–Crippen LogP) is 2.98. The van der Waals surface area contributed by atoms with Gasteiger partial charge < -0.3 is 20.1 Å². The van der Waals surface area contributed by atoms with Crippen molar-refractivity contribution < 1.29 is 14.3 Å². The molecule has 6 nitrogen and oxygen atoms in total. The molecular formula is C18H23N3O3S. The molecule has 25 heavy (non-hydrogen) atoms. The number of hydrogen-bond acceptors (Lipinski definition) is 6. The van der Waals surface area contributed by atoms with Gasteiger partial charge in [0.15, 0.2) is 11.5 Å². The molecule has 0 fully saturated rings. The number of ether oxygens (including phenoxy) is 2. The Bertz CT molecular complexity index is 760. The standard InChI is InChI=1S/C18H23N3O3S/c1-11(2)13(19)6-7-21(3)18(22)16-9-20-17(25-16)12-4-5-14-15(8-12)24-10-23-14/h4-5,8-9,11,13H,6-7,10,19H2,1-3H3. The maximum atomic E-state index is 12.6. The van der Waals surface area contributed by atoms with Crippen molar-refractivity contribution >= 4 is 17.2 Å². The minimum atomic E-state index is -0.0274. The largest absolute Gasteiger partial charge is 0.454 e. The van der Waals surface area contributed by atoms with Gasteiger partial charge in [-0.15, -0.1) is 11.3 Å². The Kier molecular flexibility index (Phi) is 5.24. The fraction of sp³-hybridized carbons (Fsp3) is 0.444. The number of nitrogens with two attached hydrogens (primary N) is 1. The lowest BCUT2D eigenvalue weighted by Gasteiger charge is -2.20. The Morgan fingerprint density at radius 1 is 1.36 bits per heavy atom. The number of amides is 1. The first-order valence-electron chi connectivity index (χ1n) is 8.32. The molecular weight excluding hydrogens is 338 g/mol. The maximum absolute atomic E-state index is 12.6. The van der Waals surface area contributed by atoms with E-state index in [0.29, 0.717) is 23.1 Å². The van der Waals surface area contributed by atoms with Crippen LogP contribution in [0.15, 0.2) is 24.4 Å². The third-order valence-corrected chi connectivity index (χ3v) is 5.37. The average molecular weight is 361 g/mol. The van der Waals surface area contributed by atoms with Gasteiger partial charge in [0.1, 0.15) is 9.88 Å². The van der Waals surface area contributed by atoms with E-state index in [1.807, 2.05) is 18.2 Å². The van der Waals surface area contributed by atoms with Gasteiger partial charge in [-0.3, -0.25) is 4.79 Å². The van der Waals surface area contributed by atoms with E-state index in [1.165, 1.54) is 11.3 Å². The highest BCUT2D eigenvalue weighted by atomic mass is 32.1. The molecule has 0 saturated carbocycles. The highest BCUT2D eigenvalue weighted by Gasteiger charge is 2.19. The fourth-order valence-corrected chi connectivity index (χ4v) is 3.41. The molecule has 2 N–H and O–H groups in total. The van der Waals surface area contributed by atoms with E-state index in [0.717, 1.165) is 22.7 Å². The Hall–Kier alpha value is -2.12. The molecule has 2 aromatic rings. The number of thiazole rings is 1. The molecule has 1 amide bonds. The third kappa shape index (κ3) is 3.93. The van der Waals surface area contributed by atoms with Crippen LogP contribution in [-0.2, 0) is 0 Å². The van der Waals surface area contributed by atoms with Crippen molar-refractivity contribution in [2.45, 2.75) is 26.3 Å². The molecule has 1 aliphatic rings. The van der Waals surface area contributed by atoms with Crippen LogP contribution < -0.4 is 15.2 Å². The van der Waals surface area contributed by atoms with Gasteiger partial charge in [-0.1, -0.05) is 13.8 Å². The van der Waals surface area contributed by atoms with Gasteiger partial charge in [0.25, 0.3) is 5.91 Å². The van der Waals surface area contributed by atoms with Gasteiger partial charge in [0.2, 0.25) is 6.79 Å². The van der Waals surface area contributed by atoms with E-state index in [9.17, 15) is 4.79 Å². The molecule has 1 atom stereocenters. The molecule has 0 radical (unpaired) electrons. The van der Waals surface area contributed by atoms with E-state index < -0.39 is 0 Å². The Labute approximate surface area is 151 Å². The number of nitrogens with zero attached hydrogens (tertiary/aromatic N) is 2. The second-order valence-corrected chi connectivity index (χ2v) is 7.55. The summed E-state index contributed by atoms with van der Waals surface area (Å²) in [5, 5.41) is 0.786. The zero-order valence-corrected chi connectivity index (χ0v) is 15.5. The molecule has 0 spiro atoms. The number of hydrogen-bond donors (Lipinski definition) is 1. The van der Waals surface area contributed by atoms with E-state index >= 15 is 0 Å². The Morgan fingerprint density at radius 3 is 2.88 bits per heavy atom. The van der Waals surface area contributed by atoms with Crippen LogP contribution in [-0.4, -0.2) is 42.2 Å². The molecule has 2 heterocycles. The van der Waals surface area contributed by atoms with Gasteiger partial charge in [-0.05, 0) is 30.5 Å². The smallest absolute Gasteiger partial charge is 0.265 e. The highest BCUT2D eigenvalue weighted by Crippen LogP contribution is 2.37. The van der Waals surface area contributed by atoms with Crippen molar-refractivity contribution in [3.63, 3.8) is 0 Å². The summed E-state index contributed by atoms with van der Waals surface area (Å²) in [6.07, 6.45) is 2.42. The number of fused-ring (bicyclic) bond motifs is 1. The first kappa shape index (κ1) is 17.7. The normalized spacial score (nSPS) is 14.0. The minimum absolute atomic E-state index is 0.0274. The van der Waals surface area contributed by atoms with E-state index in [4.69, 9.17) is 15.2 Å². The Morgan fingerprint density at radius 2 is 2.12 bits per heavy atom. The summed E-state index contributed by atoms with van der Waals surface area (Å²) in [6, 6.07) is 5.77. The molecule has 1 aromatic heterocycles. The highest BCUT2D eigenvalue weighted by molar-refractivity contribution is 7.16. The van der Waals surface area contributed by atoms with Crippen LogP contribution in [0.1, 0.15) is 29.9 Å². The van der Waals surface area contributed by atoms with Crippen molar-refractivity contribution in [1.82, 2.24) is 9.88 Å². The van der Waals surface area contributed by atoms with Crippen molar-refractivity contribution in [3.8, 4) is 22.1 Å². The van der Waals surface area contributed by atoms with Crippen molar-refractivity contribution in [2.75, 3.05) is 20.4 Å². The third-order valence-electron chi connectivity index (χ3n) is 4.34. The van der Waals surface area contributed by atoms with Crippen molar-refractivity contribution in [2.24, 2.45) is 11.7 Å². The summed E-state index contributed by atoms with van der Waals surface area (Å²) < 4.78 is 10.7. The molecule has 0 bridgehead atoms. The maximum Gasteiger partial charge on any atom is 0.265 e. The molecule has 1 unspecified atom stereocenters. The summed E-state index contributed by atoms with van der Waals surface area (Å²) in [6.45, 7) is 5.06. The summed E-state index contributed by atoms with van der Waals surface area (Å²) in [4.78, 5) is 19.3. The van der Waals surface area contributed by atoms with Gasteiger partial charge in [-0.25, -0.2) is 4.98 Å². The van der Waals surface area contributed by atoms with Crippen LogP contribution in [0.4, 0.5) is 0 Å². The summed E-state index contributed by atoms with van der Waals surface area (Å²) in [5.41, 5.74) is 6.97. The second kappa shape index (κ2) is 7.41. The van der Waals surface area contributed by atoms with E-state index in [-0.39, 0.29) is 18.7 Å². The lowest BCUT2D eigenvalue weighted by molar-refractivity contribution is 0.0793. The van der Waals surface area contributed by atoms with E-state index in [1.54, 1.807) is 18.1 Å². The lowest BCUT2D eigenvalue weighted by Crippen LogP contribution is -2.34. The molecule has 134 valence electrons. The van der Waals surface area contributed by atoms with Gasteiger partial charge in [0, 0.05) is 25.2 Å². The van der Waals surface area contributed by atoms with Crippen LogP contribution in [0.5, 0.6) is 11.5 Å². The number of carbonyl (C=O) groups excluding carboxylic acids is 1. The lowest BCUT2D eigenvalue weighted by atomic mass is 10.0. The number of benzene rings is 1. The molecule has 3 rings (SSSR count). The van der Waals surface area contributed by atoms with Crippen LogP contribution in [0.3, 0.4) is 0 Å². The second-order valence-electron chi connectivity index (χ2n) is 6.52. The van der Waals surface area contributed by atoms with Crippen molar-refractivity contribution in [1.29, 1.82) is 0 Å². The number of aromatic nitrogens is 1. The minimum Gasteiger partial charge on any atom is -0.454 e. The summed E-state index contributed by atoms with van der Waals surface area (Å²) in [5.74, 6) is 1.82. The predicted molar refractivity (Wildman–Crippen MR) is 98.1 cm³/mol. The average Bonchev–Trinajstić information content (AvgIpc) is 3.26. The van der Waals surface area contributed by atoms with Crippen LogP contribution in [0.2, 0.25) is 0 Å². The monoisotopic (exact) mass is 361 g/mol. The van der Waals surface area contributed by atoms with Gasteiger partial charge in [-0.2, -0.15) is 0 Å². The van der Waals surface area contributed by atoms with Crippen molar-refractivity contribution in [3.05, 3.63) is 29.3 Å². The molecule has 1 aliphatic heterocycles. The number of rotatable bonds is 6. The molecule has 7 heteroatoms. The summed E-state index contributed by atoms with van der Waals surface area (Å²) in [7, 11) is 1.80. The topological polar surface area (TPSA) is 77.7 Å². The van der Waals surface area contributed by atoms with Gasteiger partial charge in [0.05, 0.1) is 6.20 Å². The first-order valence-corrected chi connectivity index (χ1v) is 9.14. The quantitative estimate of drug-likeness (QED) is 0.856. The van der Waals surface area contributed by atoms with Crippen LogP contribution >= 0.6 is 11.3 Å². The number of carbonyl (C=O) groups is 1. The zero-order valence-electron chi connectivity index (χ0n) is 14.7. The molecule has 1 aromatic carbocycles. The first-order chi connectivity index (χ1) is 12.0. The fourth-order valence-electron chi connectivity index (χ4n) is 2.50. The SMILES string of the molecule is CC(C)C(N)CCN(C)C(=O)c1cnc(-c2ccc3c(c2)OCO3)s1. The molecule has 0 saturated heterocycles. The van der Waals surface area contributed by atoms with Gasteiger partial charge >= 0.3 is 0 Å². The summed E-state index contributed by atoms with van der Waals surface area (Å²) >= 11 is 1.38. The molecule has 0 aliphatic carbocycles. The Balaban J connectivity index is 1.67. The van der Waals surface area contributed by atoms with Crippen LogP contribution in [0, 0.1) is 5.92 Å². The van der Waals surface area contributed by atoms with E-state index in [2.05, 4.69) is 18.8 Å². The van der Waals surface area contributed by atoms with Crippen LogP contribution in [0.25, 0.3) is 10.6 Å².